The first-order valence-corrected chi connectivity index (χ1v) is 5.86. The van der Waals surface area contributed by atoms with E-state index in [1.165, 1.54) is 23.5 Å². The third-order valence-electron chi connectivity index (χ3n) is 2.54. The summed E-state index contributed by atoms with van der Waals surface area (Å²) in [6.07, 6.45) is 1.63. The highest BCUT2D eigenvalue weighted by atomic mass is 32.1. The van der Waals surface area contributed by atoms with Gasteiger partial charge in [0.15, 0.2) is 0 Å². The van der Waals surface area contributed by atoms with E-state index in [9.17, 15) is 9.90 Å². The molecule has 0 saturated heterocycles. The Morgan fingerprint density at radius 3 is 2.47 bits per heavy atom. The molecule has 17 heavy (non-hydrogen) atoms. The first-order valence-electron chi connectivity index (χ1n) is 4.98. The van der Waals surface area contributed by atoms with Crippen molar-refractivity contribution in [2.45, 2.75) is 12.5 Å². The Kier molecular flexibility index (Phi) is 2.95. The zero-order valence-electron chi connectivity index (χ0n) is 9.12. The average Bonchev–Trinajstić information content (AvgIpc) is 2.83. The number of aliphatic hydroxyl groups is 1. The summed E-state index contributed by atoms with van der Waals surface area (Å²) in [5.74, 6) is -0.981. The summed E-state index contributed by atoms with van der Waals surface area (Å²) >= 11 is 1.36. The molecule has 2 rings (SSSR count). The summed E-state index contributed by atoms with van der Waals surface area (Å²) in [6.45, 7) is 1.64. The van der Waals surface area contributed by atoms with E-state index in [1.807, 2.05) is 0 Å². The summed E-state index contributed by atoms with van der Waals surface area (Å²) in [7, 11) is 0. The van der Waals surface area contributed by atoms with Crippen LogP contribution in [0.5, 0.6) is 0 Å². The van der Waals surface area contributed by atoms with Crippen LogP contribution in [0.4, 0.5) is 0 Å². The highest BCUT2D eigenvalue weighted by molar-refractivity contribution is 7.09. The maximum atomic E-state index is 10.7. The van der Waals surface area contributed by atoms with Gasteiger partial charge >= 0.3 is 5.97 Å². The lowest BCUT2D eigenvalue weighted by atomic mass is 9.96. The SMILES string of the molecule is CC(O)(c1ccc(C(=O)O)cc1)c1nccs1. The van der Waals surface area contributed by atoms with E-state index in [-0.39, 0.29) is 5.56 Å². The van der Waals surface area contributed by atoms with E-state index >= 15 is 0 Å². The molecule has 1 aromatic heterocycles. The molecular weight excluding hydrogens is 238 g/mol. The number of benzene rings is 1. The van der Waals surface area contributed by atoms with Gasteiger partial charge in [-0.1, -0.05) is 12.1 Å². The van der Waals surface area contributed by atoms with Gasteiger partial charge in [0.1, 0.15) is 10.6 Å². The summed E-state index contributed by atoms with van der Waals surface area (Å²) in [5.41, 5.74) is -0.369. The minimum Gasteiger partial charge on any atom is -0.478 e. The number of carboxylic acids is 1. The minimum absolute atomic E-state index is 0.198. The van der Waals surface area contributed by atoms with Crippen LogP contribution in [0.15, 0.2) is 35.8 Å². The molecule has 0 aliphatic heterocycles. The van der Waals surface area contributed by atoms with Crippen LogP contribution in [0.25, 0.3) is 0 Å². The quantitative estimate of drug-likeness (QED) is 0.873. The lowest BCUT2D eigenvalue weighted by Crippen LogP contribution is -2.22. The molecule has 1 aromatic carbocycles. The first-order chi connectivity index (χ1) is 8.01. The van der Waals surface area contributed by atoms with Gasteiger partial charge in [-0.2, -0.15) is 0 Å². The number of aromatic nitrogens is 1. The molecule has 0 amide bonds. The van der Waals surface area contributed by atoms with Gasteiger partial charge in [-0.3, -0.25) is 0 Å². The molecular formula is C12H11NO3S. The molecule has 0 spiro atoms. The number of aromatic carboxylic acids is 1. The van der Waals surface area contributed by atoms with Crippen LogP contribution < -0.4 is 0 Å². The van der Waals surface area contributed by atoms with Crippen LogP contribution in [0.2, 0.25) is 0 Å². The van der Waals surface area contributed by atoms with Crippen molar-refractivity contribution in [2.75, 3.05) is 0 Å². The molecule has 1 heterocycles. The van der Waals surface area contributed by atoms with Crippen LogP contribution in [-0.4, -0.2) is 21.2 Å². The van der Waals surface area contributed by atoms with Crippen molar-refractivity contribution in [3.63, 3.8) is 0 Å². The van der Waals surface area contributed by atoms with Crippen LogP contribution in [0, 0.1) is 0 Å². The summed E-state index contributed by atoms with van der Waals surface area (Å²) in [6, 6.07) is 6.15. The zero-order valence-corrected chi connectivity index (χ0v) is 9.94. The third-order valence-corrected chi connectivity index (χ3v) is 3.53. The van der Waals surface area contributed by atoms with E-state index in [0.717, 1.165) is 0 Å². The highest BCUT2D eigenvalue weighted by Crippen LogP contribution is 2.30. The molecule has 0 saturated carbocycles. The molecule has 2 N–H and O–H groups in total. The number of rotatable bonds is 3. The second-order valence-electron chi connectivity index (χ2n) is 3.79. The van der Waals surface area contributed by atoms with Gasteiger partial charge in [0.2, 0.25) is 0 Å². The van der Waals surface area contributed by atoms with Crippen molar-refractivity contribution in [1.29, 1.82) is 0 Å². The predicted octanol–water partition coefficient (Wildman–Crippen LogP) is 2.10. The summed E-state index contributed by atoms with van der Waals surface area (Å²) in [4.78, 5) is 14.8. The van der Waals surface area contributed by atoms with E-state index in [2.05, 4.69) is 4.98 Å². The normalized spacial score (nSPS) is 14.2. The lowest BCUT2D eigenvalue weighted by Gasteiger charge is -2.21. The number of hydrogen-bond acceptors (Lipinski definition) is 4. The molecule has 2 aromatic rings. The van der Waals surface area contributed by atoms with Gasteiger partial charge < -0.3 is 10.2 Å². The molecule has 88 valence electrons. The molecule has 0 aliphatic carbocycles. The molecule has 0 fully saturated rings. The van der Waals surface area contributed by atoms with E-state index in [1.54, 1.807) is 30.6 Å². The molecule has 0 radical (unpaired) electrons. The number of hydrogen-bond donors (Lipinski definition) is 2. The Balaban J connectivity index is 2.37. The standard InChI is InChI=1S/C12H11NO3S/c1-12(16,11-13-6-7-17-11)9-4-2-8(3-5-9)10(14)15/h2-7,16H,1H3,(H,14,15). The fourth-order valence-electron chi connectivity index (χ4n) is 1.52. The third kappa shape index (κ3) is 2.20. The van der Waals surface area contributed by atoms with Crippen molar-refractivity contribution in [2.24, 2.45) is 0 Å². The zero-order chi connectivity index (χ0) is 12.5. The highest BCUT2D eigenvalue weighted by Gasteiger charge is 2.28. The van der Waals surface area contributed by atoms with E-state index < -0.39 is 11.6 Å². The predicted molar refractivity (Wildman–Crippen MR) is 64.2 cm³/mol. The Morgan fingerprint density at radius 1 is 1.35 bits per heavy atom. The van der Waals surface area contributed by atoms with Crippen LogP contribution in [0.3, 0.4) is 0 Å². The van der Waals surface area contributed by atoms with Gasteiger partial charge in [-0.05, 0) is 24.6 Å². The largest absolute Gasteiger partial charge is 0.478 e. The molecule has 4 nitrogen and oxygen atoms in total. The molecule has 5 heteroatoms. The summed E-state index contributed by atoms with van der Waals surface area (Å²) < 4.78 is 0. The number of nitrogens with zero attached hydrogens (tertiary/aromatic N) is 1. The number of carbonyl (C=O) groups is 1. The van der Waals surface area contributed by atoms with Gasteiger partial charge in [0.25, 0.3) is 0 Å². The van der Waals surface area contributed by atoms with Crippen molar-refractivity contribution < 1.29 is 15.0 Å². The van der Waals surface area contributed by atoms with Crippen molar-refractivity contribution >= 4 is 17.3 Å². The number of thiazole rings is 1. The fraction of sp³-hybridized carbons (Fsp3) is 0.167. The Morgan fingerprint density at radius 2 is 2.00 bits per heavy atom. The van der Waals surface area contributed by atoms with E-state index in [4.69, 9.17) is 5.11 Å². The molecule has 0 bridgehead atoms. The Bertz CT molecular complexity index is 517. The Hall–Kier alpha value is -1.72. The lowest BCUT2D eigenvalue weighted by molar-refractivity contribution is 0.0695. The number of carboxylic acid groups (broad SMARTS) is 1. The van der Waals surface area contributed by atoms with Crippen molar-refractivity contribution in [1.82, 2.24) is 4.98 Å². The van der Waals surface area contributed by atoms with Crippen LogP contribution in [-0.2, 0) is 5.60 Å². The monoisotopic (exact) mass is 249 g/mol. The van der Waals surface area contributed by atoms with Crippen molar-refractivity contribution in [3.05, 3.63) is 52.0 Å². The van der Waals surface area contributed by atoms with E-state index in [0.29, 0.717) is 10.6 Å². The molecule has 1 unspecified atom stereocenters. The summed E-state index contributed by atoms with van der Waals surface area (Å²) in [5, 5.41) is 21.5. The van der Waals surface area contributed by atoms with Gasteiger partial charge in [-0.15, -0.1) is 11.3 Å². The van der Waals surface area contributed by atoms with Gasteiger partial charge in [-0.25, -0.2) is 9.78 Å². The average molecular weight is 249 g/mol. The second kappa shape index (κ2) is 4.27. The fourth-order valence-corrected chi connectivity index (χ4v) is 2.24. The van der Waals surface area contributed by atoms with Gasteiger partial charge in [0, 0.05) is 11.6 Å². The Labute approximate surface area is 102 Å². The molecule has 0 aliphatic rings. The maximum Gasteiger partial charge on any atom is 0.335 e. The first kappa shape index (κ1) is 11.8. The van der Waals surface area contributed by atoms with Crippen LogP contribution in [0.1, 0.15) is 27.9 Å². The van der Waals surface area contributed by atoms with Gasteiger partial charge in [0.05, 0.1) is 5.56 Å². The topological polar surface area (TPSA) is 70.4 Å². The maximum absolute atomic E-state index is 10.7. The smallest absolute Gasteiger partial charge is 0.335 e. The minimum atomic E-state index is -1.19. The second-order valence-corrected chi connectivity index (χ2v) is 4.69. The van der Waals surface area contributed by atoms with Crippen LogP contribution >= 0.6 is 11.3 Å². The molecule has 1 atom stereocenters. The van der Waals surface area contributed by atoms with Crippen molar-refractivity contribution in [3.8, 4) is 0 Å².